The molecule has 1 aromatic rings. The van der Waals surface area contributed by atoms with Crippen molar-refractivity contribution in [2.75, 3.05) is 31.1 Å². The summed E-state index contributed by atoms with van der Waals surface area (Å²) in [5.41, 5.74) is 1.28. The Morgan fingerprint density at radius 3 is 2.14 bits per heavy atom. The molecule has 0 bridgehead atoms. The predicted octanol–water partition coefficient (Wildman–Crippen LogP) is 2.81. The van der Waals surface area contributed by atoms with Crippen LogP contribution in [-0.2, 0) is 0 Å². The van der Waals surface area contributed by atoms with E-state index in [4.69, 9.17) is 11.6 Å². The smallest absolute Gasteiger partial charge is 0.0407 e. The molecule has 1 aliphatic heterocycles. The summed E-state index contributed by atoms with van der Waals surface area (Å²) in [5.74, 6) is 0. The maximum Gasteiger partial charge on any atom is 0.0407 e. The first-order valence-corrected chi connectivity index (χ1v) is 6.01. The van der Waals surface area contributed by atoms with Gasteiger partial charge in [0, 0.05) is 59.8 Å². The topological polar surface area (TPSA) is 6.48 Å². The van der Waals surface area contributed by atoms with Crippen LogP contribution >= 0.6 is 34.5 Å². The zero-order chi connectivity index (χ0) is 9.97. The summed E-state index contributed by atoms with van der Waals surface area (Å²) in [7, 11) is 0. The molecular weight excluding hydrogens is 310 g/mol. The van der Waals surface area contributed by atoms with Crippen molar-refractivity contribution in [1.82, 2.24) is 3.11 Å². The van der Waals surface area contributed by atoms with Crippen molar-refractivity contribution in [2.24, 2.45) is 0 Å². The van der Waals surface area contributed by atoms with E-state index in [0.29, 0.717) is 0 Å². The summed E-state index contributed by atoms with van der Waals surface area (Å²) < 4.78 is 2.32. The molecule has 2 nitrogen and oxygen atoms in total. The van der Waals surface area contributed by atoms with E-state index in [1.54, 1.807) is 0 Å². The van der Waals surface area contributed by atoms with Crippen molar-refractivity contribution in [2.45, 2.75) is 0 Å². The lowest BCUT2D eigenvalue weighted by Gasteiger charge is -2.32. The van der Waals surface area contributed by atoms with Gasteiger partial charge in [-0.3, -0.25) is 0 Å². The van der Waals surface area contributed by atoms with E-state index in [9.17, 15) is 0 Å². The molecule has 1 fully saturated rings. The van der Waals surface area contributed by atoms with Crippen molar-refractivity contribution in [3.05, 3.63) is 29.3 Å². The highest BCUT2D eigenvalue weighted by Crippen LogP contribution is 2.19. The van der Waals surface area contributed by atoms with Gasteiger partial charge < -0.3 is 4.90 Å². The molecule has 1 saturated heterocycles. The van der Waals surface area contributed by atoms with Crippen LogP contribution in [0.1, 0.15) is 0 Å². The standard InChI is InChI=1S/C10H12ClIN2/c11-9-1-3-10(4-2-9)13-5-7-14(12)8-6-13/h1-4H,5-8H2. The molecule has 14 heavy (non-hydrogen) atoms. The fourth-order valence-corrected chi connectivity index (χ4v) is 2.15. The van der Waals surface area contributed by atoms with E-state index in [2.05, 4.69) is 43.0 Å². The molecule has 4 heteroatoms. The Balaban J connectivity index is 2.05. The summed E-state index contributed by atoms with van der Waals surface area (Å²) in [5, 5.41) is 0.807. The van der Waals surface area contributed by atoms with E-state index in [-0.39, 0.29) is 0 Å². The van der Waals surface area contributed by atoms with Crippen molar-refractivity contribution in [3.8, 4) is 0 Å². The number of benzene rings is 1. The molecule has 0 unspecified atom stereocenters. The summed E-state index contributed by atoms with van der Waals surface area (Å²) >= 11 is 8.22. The van der Waals surface area contributed by atoms with Gasteiger partial charge in [-0.25, -0.2) is 3.11 Å². The third kappa shape index (κ3) is 2.52. The number of rotatable bonds is 1. The first-order chi connectivity index (χ1) is 6.75. The second-order valence-electron chi connectivity index (χ2n) is 3.37. The van der Waals surface area contributed by atoms with Crippen LogP contribution in [-0.4, -0.2) is 29.3 Å². The quantitative estimate of drug-likeness (QED) is 0.579. The first kappa shape index (κ1) is 10.5. The highest BCUT2D eigenvalue weighted by molar-refractivity contribution is 14.1. The van der Waals surface area contributed by atoms with Gasteiger partial charge in [-0.1, -0.05) is 11.6 Å². The van der Waals surface area contributed by atoms with Gasteiger partial charge in [0.1, 0.15) is 0 Å². The van der Waals surface area contributed by atoms with Gasteiger partial charge in [0.25, 0.3) is 0 Å². The molecule has 0 aromatic heterocycles. The van der Waals surface area contributed by atoms with Gasteiger partial charge in [-0.2, -0.15) is 0 Å². The van der Waals surface area contributed by atoms with Crippen LogP contribution in [0.4, 0.5) is 5.69 Å². The molecule has 76 valence electrons. The molecule has 0 amide bonds. The molecule has 0 aliphatic carbocycles. The van der Waals surface area contributed by atoms with E-state index < -0.39 is 0 Å². The van der Waals surface area contributed by atoms with Crippen LogP contribution in [0.5, 0.6) is 0 Å². The lowest BCUT2D eigenvalue weighted by Crippen LogP contribution is -2.42. The Hall–Kier alpha value is -0.0000000000000000555. The molecule has 1 aromatic carbocycles. The Morgan fingerprint density at radius 2 is 1.57 bits per heavy atom. The first-order valence-electron chi connectivity index (χ1n) is 4.67. The van der Waals surface area contributed by atoms with Gasteiger partial charge in [-0.15, -0.1) is 0 Å². The number of anilines is 1. The molecule has 0 radical (unpaired) electrons. The van der Waals surface area contributed by atoms with Gasteiger partial charge >= 0.3 is 0 Å². The lowest BCUT2D eigenvalue weighted by molar-refractivity contribution is 0.460. The number of hydrogen-bond acceptors (Lipinski definition) is 2. The lowest BCUT2D eigenvalue weighted by atomic mass is 10.2. The van der Waals surface area contributed by atoms with Crippen molar-refractivity contribution < 1.29 is 0 Å². The van der Waals surface area contributed by atoms with Crippen LogP contribution in [0.25, 0.3) is 0 Å². The summed E-state index contributed by atoms with van der Waals surface area (Å²) in [6, 6.07) is 8.08. The van der Waals surface area contributed by atoms with E-state index in [1.165, 1.54) is 5.69 Å². The minimum absolute atomic E-state index is 0.807. The molecule has 0 atom stereocenters. The molecule has 1 heterocycles. The molecule has 2 rings (SSSR count). The van der Waals surface area contributed by atoms with Gasteiger partial charge in [0.2, 0.25) is 0 Å². The van der Waals surface area contributed by atoms with E-state index >= 15 is 0 Å². The summed E-state index contributed by atoms with van der Waals surface area (Å²) in [6.45, 7) is 4.46. The SMILES string of the molecule is Clc1ccc(N2CCN(I)CC2)cc1. The average molecular weight is 323 g/mol. The number of halogens is 2. The minimum Gasteiger partial charge on any atom is -0.369 e. The van der Waals surface area contributed by atoms with Crippen molar-refractivity contribution >= 4 is 40.2 Å². The Labute approximate surface area is 103 Å². The summed E-state index contributed by atoms with van der Waals surface area (Å²) in [4.78, 5) is 2.39. The summed E-state index contributed by atoms with van der Waals surface area (Å²) in [6.07, 6.45) is 0. The molecule has 0 N–H and O–H groups in total. The zero-order valence-corrected chi connectivity index (χ0v) is 10.7. The van der Waals surface area contributed by atoms with Gasteiger partial charge in [-0.05, 0) is 24.3 Å². The van der Waals surface area contributed by atoms with Crippen LogP contribution in [0, 0.1) is 0 Å². The van der Waals surface area contributed by atoms with Crippen LogP contribution in [0.3, 0.4) is 0 Å². The Bertz CT molecular complexity index is 293. The fourth-order valence-electron chi connectivity index (χ4n) is 1.59. The largest absolute Gasteiger partial charge is 0.369 e. The van der Waals surface area contributed by atoms with E-state index in [1.807, 2.05) is 12.1 Å². The van der Waals surface area contributed by atoms with Crippen LogP contribution < -0.4 is 4.90 Å². The maximum absolute atomic E-state index is 5.85. The van der Waals surface area contributed by atoms with E-state index in [0.717, 1.165) is 31.2 Å². The molecular formula is C10H12ClIN2. The normalized spacial score (nSPS) is 18.6. The highest BCUT2D eigenvalue weighted by Gasteiger charge is 2.14. The monoisotopic (exact) mass is 322 g/mol. The Kier molecular flexibility index (Phi) is 3.52. The number of piperazine rings is 1. The zero-order valence-electron chi connectivity index (χ0n) is 7.79. The molecule has 1 aliphatic rings. The third-order valence-corrected chi connectivity index (χ3v) is 3.63. The van der Waals surface area contributed by atoms with Crippen molar-refractivity contribution in [3.63, 3.8) is 0 Å². The fraction of sp³-hybridized carbons (Fsp3) is 0.400. The highest BCUT2D eigenvalue weighted by atomic mass is 127. The van der Waals surface area contributed by atoms with Crippen molar-refractivity contribution in [1.29, 1.82) is 0 Å². The average Bonchev–Trinajstić information content (AvgIpc) is 2.21. The molecule has 0 saturated carbocycles. The van der Waals surface area contributed by atoms with Gasteiger partial charge in [0.05, 0.1) is 0 Å². The Morgan fingerprint density at radius 1 is 1.00 bits per heavy atom. The third-order valence-electron chi connectivity index (χ3n) is 2.42. The number of hydrogen-bond donors (Lipinski definition) is 0. The maximum atomic E-state index is 5.85. The van der Waals surface area contributed by atoms with Gasteiger partial charge in [0.15, 0.2) is 0 Å². The second-order valence-corrected chi connectivity index (χ2v) is 5.17. The minimum atomic E-state index is 0.807. The molecule has 0 spiro atoms. The number of nitrogens with zero attached hydrogens (tertiary/aromatic N) is 2. The van der Waals surface area contributed by atoms with Crippen LogP contribution in [0.2, 0.25) is 5.02 Å². The van der Waals surface area contributed by atoms with Crippen LogP contribution in [0.15, 0.2) is 24.3 Å². The second kappa shape index (κ2) is 4.68. The predicted molar refractivity (Wildman–Crippen MR) is 69.3 cm³/mol.